The third kappa shape index (κ3) is 40.9. The molecular weight excluding hydrogens is 781 g/mol. The molecule has 0 saturated heterocycles. The van der Waals surface area contributed by atoms with Crippen LogP contribution in [0, 0.1) is 6.92 Å². The third-order valence-corrected chi connectivity index (χ3v) is 13.9. The van der Waals surface area contributed by atoms with Crippen molar-refractivity contribution in [2.75, 3.05) is 19.8 Å². The molecule has 0 aliphatic heterocycles. The molecule has 1 radical (unpaired) electrons. The number of unbranched alkanes of at least 4 members (excludes halogenated alkanes) is 45. The van der Waals surface area contributed by atoms with Gasteiger partial charge in [-0.05, 0) is 37.8 Å². The molecule has 377 valence electrons. The van der Waals surface area contributed by atoms with Crippen LogP contribution in [-0.4, -0.2) is 19.8 Å². The predicted octanol–water partition coefficient (Wildman–Crippen LogP) is 21.8. The molecule has 0 saturated carbocycles. The molecule has 0 atom stereocenters. The highest BCUT2D eigenvalue weighted by Gasteiger charge is 2.16. The van der Waals surface area contributed by atoms with E-state index in [-0.39, 0.29) is 0 Å². The van der Waals surface area contributed by atoms with Crippen LogP contribution in [0.5, 0.6) is 17.2 Å². The van der Waals surface area contributed by atoms with Gasteiger partial charge in [0, 0.05) is 0 Å². The van der Waals surface area contributed by atoms with E-state index in [0.717, 1.165) is 55.3 Å². The largest absolute Gasteiger partial charge is 0.490 e. The van der Waals surface area contributed by atoms with Gasteiger partial charge in [0.05, 0.1) is 19.8 Å². The summed E-state index contributed by atoms with van der Waals surface area (Å²) in [5, 5.41) is 0. The Morgan fingerprint density at radius 2 is 0.453 bits per heavy atom. The summed E-state index contributed by atoms with van der Waals surface area (Å²) in [6.45, 7) is 13.5. The van der Waals surface area contributed by atoms with Gasteiger partial charge < -0.3 is 14.2 Å². The zero-order valence-corrected chi connectivity index (χ0v) is 44.1. The molecular formula is C61H115O3. The fourth-order valence-corrected chi connectivity index (χ4v) is 9.48. The van der Waals surface area contributed by atoms with Crippen molar-refractivity contribution in [3.63, 3.8) is 0 Å². The van der Waals surface area contributed by atoms with E-state index in [2.05, 4.69) is 39.8 Å². The van der Waals surface area contributed by atoms with E-state index in [0.29, 0.717) is 6.61 Å². The molecule has 0 aliphatic rings. The van der Waals surface area contributed by atoms with E-state index in [1.807, 2.05) is 0 Å². The Morgan fingerprint density at radius 1 is 0.250 bits per heavy atom. The Kier molecular flexibility index (Phi) is 48.3. The van der Waals surface area contributed by atoms with Crippen LogP contribution >= 0.6 is 0 Å². The summed E-state index contributed by atoms with van der Waals surface area (Å²) < 4.78 is 19.5. The SMILES string of the molecule is [CH2]c1ccc(OCCCCCCCCCCCCCCCCCC)c(OCCCCCCCCCCCCCCCCCC)c1OCCCCCCCCCCCCCCCCCC. The first-order chi connectivity index (χ1) is 31.7. The highest BCUT2D eigenvalue weighted by atomic mass is 16.5. The van der Waals surface area contributed by atoms with E-state index < -0.39 is 0 Å². The fraction of sp³-hybridized carbons (Fsp3) is 0.885. The minimum atomic E-state index is 0.715. The minimum absolute atomic E-state index is 0.715. The lowest BCUT2D eigenvalue weighted by Crippen LogP contribution is -2.07. The van der Waals surface area contributed by atoms with Gasteiger partial charge in [0.2, 0.25) is 5.75 Å². The zero-order valence-electron chi connectivity index (χ0n) is 44.1. The summed E-state index contributed by atoms with van der Waals surface area (Å²) in [6.07, 6.45) is 66.3. The number of hydrogen-bond acceptors (Lipinski definition) is 3. The van der Waals surface area contributed by atoms with Crippen LogP contribution in [0.2, 0.25) is 0 Å². The molecule has 0 amide bonds. The van der Waals surface area contributed by atoms with Crippen LogP contribution in [0.4, 0.5) is 0 Å². The maximum Gasteiger partial charge on any atom is 0.203 e. The molecule has 0 N–H and O–H groups in total. The lowest BCUT2D eigenvalue weighted by molar-refractivity contribution is 0.233. The second-order valence-corrected chi connectivity index (χ2v) is 20.3. The molecule has 1 aromatic carbocycles. The predicted molar refractivity (Wildman–Crippen MR) is 286 cm³/mol. The molecule has 0 spiro atoms. The second-order valence-electron chi connectivity index (χ2n) is 20.3. The van der Waals surface area contributed by atoms with Crippen LogP contribution in [0.25, 0.3) is 0 Å². The molecule has 0 heterocycles. The molecule has 3 heteroatoms. The van der Waals surface area contributed by atoms with Gasteiger partial charge in [-0.1, -0.05) is 316 Å². The number of ether oxygens (including phenoxy) is 3. The van der Waals surface area contributed by atoms with E-state index in [1.165, 1.54) is 289 Å². The van der Waals surface area contributed by atoms with Gasteiger partial charge in [-0.3, -0.25) is 0 Å². The van der Waals surface area contributed by atoms with Crippen LogP contribution in [-0.2, 0) is 0 Å². The zero-order chi connectivity index (χ0) is 45.9. The van der Waals surface area contributed by atoms with Gasteiger partial charge >= 0.3 is 0 Å². The van der Waals surface area contributed by atoms with Crippen LogP contribution < -0.4 is 14.2 Å². The Labute approximate surface area is 403 Å². The van der Waals surface area contributed by atoms with Crippen molar-refractivity contribution in [1.82, 2.24) is 0 Å². The lowest BCUT2D eigenvalue weighted by atomic mass is 10.0. The first kappa shape index (κ1) is 60.6. The quantitative estimate of drug-likeness (QED) is 0.0610. The van der Waals surface area contributed by atoms with Crippen LogP contribution in [0.15, 0.2) is 12.1 Å². The highest BCUT2D eigenvalue weighted by Crippen LogP contribution is 2.40. The van der Waals surface area contributed by atoms with Crippen molar-refractivity contribution in [3.8, 4) is 17.2 Å². The van der Waals surface area contributed by atoms with Crippen LogP contribution in [0.1, 0.15) is 335 Å². The van der Waals surface area contributed by atoms with Crippen molar-refractivity contribution >= 4 is 0 Å². The summed E-state index contributed by atoms with van der Waals surface area (Å²) in [5.41, 5.74) is 0.910. The lowest BCUT2D eigenvalue weighted by Gasteiger charge is -2.19. The topological polar surface area (TPSA) is 27.7 Å². The van der Waals surface area contributed by atoms with Crippen molar-refractivity contribution < 1.29 is 14.2 Å². The van der Waals surface area contributed by atoms with Gasteiger partial charge in [0.25, 0.3) is 0 Å². The Hall–Kier alpha value is -1.38. The number of rotatable bonds is 54. The smallest absolute Gasteiger partial charge is 0.203 e. The standard InChI is InChI=1S/C61H115O3/c1-5-8-11-14-17-20-23-26-29-32-35-38-41-44-47-50-55-62-59-54-53-58(4)60(63-56-51-48-45-42-39-36-33-30-27-24-21-18-15-12-9-6-2)61(59)64-57-52-49-46-43-40-37-34-31-28-25-22-19-16-13-10-7-3/h53-54H,4-52,55-57H2,1-3H3. The van der Waals surface area contributed by atoms with Crippen molar-refractivity contribution in [1.29, 1.82) is 0 Å². The molecule has 0 unspecified atom stereocenters. The molecule has 64 heavy (non-hydrogen) atoms. The third-order valence-electron chi connectivity index (χ3n) is 13.9. The average Bonchev–Trinajstić information content (AvgIpc) is 3.30. The Bertz CT molecular complexity index is 1040. The Balaban J connectivity index is 2.35. The molecule has 0 aliphatic carbocycles. The molecule has 1 aromatic rings. The Morgan fingerprint density at radius 3 is 0.703 bits per heavy atom. The normalized spacial score (nSPS) is 11.5. The van der Waals surface area contributed by atoms with E-state index in [4.69, 9.17) is 14.2 Å². The number of hydrogen-bond donors (Lipinski definition) is 0. The van der Waals surface area contributed by atoms with Gasteiger partial charge in [-0.2, -0.15) is 0 Å². The van der Waals surface area contributed by atoms with Gasteiger partial charge in [-0.15, -0.1) is 0 Å². The summed E-state index contributed by atoms with van der Waals surface area (Å²) in [5.74, 6) is 2.44. The first-order valence-electron chi connectivity index (χ1n) is 29.6. The second kappa shape index (κ2) is 51.0. The summed E-state index contributed by atoms with van der Waals surface area (Å²) in [4.78, 5) is 0. The highest BCUT2D eigenvalue weighted by molar-refractivity contribution is 5.56. The summed E-state index contributed by atoms with van der Waals surface area (Å²) in [7, 11) is 0. The van der Waals surface area contributed by atoms with E-state index in [1.54, 1.807) is 0 Å². The first-order valence-corrected chi connectivity index (χ1v) is 29.6. The molecule has 0 fully saturated rings. The van der Waals surface area contributed by atoms with Crippen molar-refractivity contribution in [3.05, 3.63) is 24.6 Å². The van der Waals surface area contributed by atoms with E-state index >= 15 is 0 Å². The van der Waals surface area contributed by atoms with Gasteiger partial charge in [0.15, 0.2) is 11.5 Å². The molecule has 0 bridgehead atoms. The average molecular weight is 897 g/mol. The fourth-order valence-electron chi connectivity index (χ4n) is 9.48. The van der Waals surface area contributed by atoms with Gasteiger partial charge in [0.1, 0.15) is 0 Å². The molecule has 0 aromatic heterocycles. The number of benzene rings is 1. The summed E-state index contributed by atoms with van der Waals surface area (Å²) >= 11 is 0. The maximum atomic E-state index is 6.55. The monoisotopic (exact) mass is 896 g/mol. The minimum Gasteiger partial charge on any atom is -0.490 e. The molecule has 3 nitrogen and oxygen atoms in total. The molecule has 1 rings (SSSR count). The van der Waals surface area contributed by atoms with E-state index in [9.17, 15) is 0 Å². The van der Waals surface area contributed by atoms with Gasteiger partial charge in [-0.25, -0.2) is 0 Å². The van der Waals surface area contributed by atoms with Crippen molar-refractivity contribution in [2.45, 2.75) is 329 Å². The maximum absolute atomic E-state index is 6.55. The van der Waals surface area contributed by atoms with Crippen molar-refractivity contribution in [2.24, 2.45) is 0 Å². The van der Waals surface area contributed by atoms with Crippen LogP contribution in [0.3, 0.4) is 0 Å². The summed E-state index contributed by atoms with van der Waals surface area (Å²) in [6, 6.07) is 4.13.